The van der Waals surface area contributed by atoms with E-state index in [0.29, 0.717) is 6.42 Å². The largest absolute Gasteiger partial charge is 0.529 e. The van der Waals surface area contributed by atoms with Gasteiger partial charge in [-0.05, 0) is 51.9 Å². The molecule has 1 aliphatic carbocycles. The lowest BCUT2D eigenvalue weighted by Crippen LogP contribution is -2.20. The standard InChI is InChI=1S/C19H33O6P/c1-7-23-26(21,24-8-2)25-16(14-18(20)22-6)11-12-17-15(3)10-9-13-19(17,4)5/h14H,7-13H2,1-6H3/b16-14+. The summed E-state index contributed by atoms with van der Waals surface area (Å²) in [5.74, 6) is -0.308. The average molecular weight is 388 g/mol. The van der Waals surface area contributed by atoms with Crippen LogP contribution in [0.1, 0.15) is 66.7 Å². The van der Waals surface area contributed by atoms with Gasteiger partial charge in [0.25, 0.3) is 0 Å². The van der Waals surface area contributed by atoms with E-state index >= 15 is 0 Å². The van der Waals surface area contributed by atoms with Crippen molar-refractivity contribution in [3.05, 3.63) is 23.0 Å². The van der Waals surface area contributed by atoms with Crippen LogP contribution in [0.15, 0.2) is 23.0 Å². The first-order valence-corrected chi connectivity index (χ1v) is 10.7. The third-order valence-electron chi connectivity index (χ3n) is 4.59. The molecule has 0 aromatic heterocycles. The third-order valence-corrected chi connectivity index (χ3v) is 6.20. The lowest BCUT2D eigenvalue weighted by molar-refractivity contribution is -0.135. The fourth-order valence-corrected chi connectivity index (χ4v) is 4.60. The van der Waals surface area contributed by atoms with Crippen LogP contribution in [0.4, 0.5) is 0 Å². The smallest absolute Gasteiger partial charge is 0.466 e. The Morgan fingerprint density at radius 3 is 2.35 bits per heavy atom. The minimum absolute atomic E-state index is 0.113. The third kappa shape index (κ3) is 6.90. The van der Waals surface area contributed by atoms with Crippen molar-refractivity contribution in [3.8, 4) is 0 Å². The summed E-state index contributed by atoms with van der Waals surface area (Å²) < 4.78 is 33.2. The Labute approximate surface area is 157 Å². The summed E-state index contributed by atoms with van der Waals surface area (Å²) in [6, 6.07) is 0. The molecule has 0 aliphatic heterocycles. The summed E-state index contributed by atoms with van der Waals surface area (Å²) in [4.78, 5) is 11.7. The summed E-state index contributed by atoms with van der Waals surface area (Å²) in [7, 11) is -2.46. The lowest BCUT2D eigenvalue weighted by Gasteiger charge is -2.35. The van der Waals surface area contributed by atoms with E-state index in [0.717, 1.165) is 19.3 Å². The molecule has 0 bridgehead atoms. The molecule has 0 fully saturated rings. The number of ether oxygens (including phenoxy) is 1. The van der Waals surface area contributed by atoms with Gasteiger partial charge in [0, 0.05) is 6.42 Å². The molecule has 0 unspecified atom stereocenters. The van der Waals surface area contributed by atoms with Gasteiger partial charge in [-0.15, -0.1) is 0 Å². The molecule has 0 amide bonds. The molecular formula is C19H33O6P. The minimum atomic E-state index is -3.75. The Kier molecular flexibility index (Phi) is 9.08. The van der Waals surface area contributed by atoms with Crippen LogP contribution in [0.25, 0.3) is 0 Å². The Hall–Kier alpha value is -1.10. The Morgan fingerprint density at radius 2 is 1.85 bits per heavy atom. The highest BCUT2D eigenvalue weighted by Crippen LogP contribution is 2.52. The highest BCUT2D eigenvalue weighted by Gasteiger charge is 2.31. The second kappa shape index (κ2) is 10.3. The predicted octanol–water partition coefficient (Wildman–Crippen LogP) is 5.55. The van der Waals surface area contributed by atoms with Crippen molar-refractivity contribution in [2.75, 3.05) is 20.3 Å². The molecule has 0 saturated heterocycles. The molecule has 1 rings (SSSR count). The fourth-order valence-electron chi connectivity index (χ4n) is 3.36. The van der Waals surface area contributed by atoms with Gasteiger partial charge in [0.2, 0.25) is 0 Å². The highest BCUT2D eigenvalue weighted by molar-refractivity contribution is 7.48. The molecule has 0 aromatic rings. The fraction of sp³-hybridized carbons (Fsp3) is 0.737. The Balaban J connectivity index is 2.99. The number of esters is 1. The van der Waals surface area contributed by atoms with Crippen LogP contribution in [-0.2, 0) is 27.7 Å². The second-order valence-corrected chi connectivity index (χ2v) is 8.60. The number of phosphoric acid groups is 1. The van der Waals surface area contributed by atoms with E-state index in [9.17, 15) is 9.36 Å². The Bertz CT molecular complexity index is 581. The van der Waals surface area contributed by atoms with Crippen molar-refractivity contribution in [3.63, 3.8) is 0 Å². The first kappa shape index (κ1) is 22.9. The van der Waals surface area contributed by atoms with Gasteiger partial charge in [-0.1, -0.05) is 25.0 Å². The van der Waals surface area contributed by atoms with E-state index in [1.165, 1.54) is 30.8 Å². The molecule has 0 N–H and O–H groups in total. The molecule has 1 aliphatic rings. The molecule has 0 heterocycles. The normalized spacial score (nSPS) is 18.0. The maximum atomic E-state index is 12.7. The Morgan fingerprint density at radius 1 is 1.23 bits per heavy atom. The molecule has 150 valence electrons. The molecule has 0 radical (unpaired) electrons. The van der Waals surface area contributed by atoms with Crippen LogP contribution < -0.4 is 0 Å². The number of phosphoric ester groups is 1. The lowest BCUT2D eigenvalue weighted by atomic mass is 9.71. The van der Waals surface area contributed by atoms with Gasteiger partial charge in [-0.2, -0.15) is 0 Å². The average Bonchev–Trinajstić information content (AvgIpc) is 2.53. The second-order valence-electron chi connectivity index (χ2n) is 7.00. The van der Waals surface area contributed by atoms with Gasteiger partial charge in [0.1, 0.15) is 5.76 Å². The number of carbonyl (C=O) groups is 1. The highest BCUT2D eigenvalue weighted by atomic mass is 31.2. The van der Waals surface area contributed by atoms with Gasteiger partial charge in [-0.25, -0.2) is 9.36 Å². The van der Waals surface area contributed by atoms with Crippen molar-refractivity contribution in [2.45, 2.75) is 66.7 Å². The number of methoxy groups -OCH3 is 1. The number of rotatable bonds is 10. The predicted molar refractivity (Wildman–Crippen MR) is 102 cm³/mol. The number of hydrogen-bond donors (Lipinski definition) is 0. The summed E-state index contributed by atoms with van der Waals surface area (Å²) in [5, 5.41) is 0. The number of carbonyl (C=O) groups excluding carboxylic acids is 1. The van der Waals surface area contributed by atoms with Gasteiger partial charge >= 0.3 is 13.8 Å². The van der Waals surface area contributed by atoms with E-state index in [1.807, 2.05) is 0 Å². The maximum Gasteiger partial charge on any atom is 0.529 e. The molecule has 0 atom stereocenters. The topological polar surface area (TPSA) is 71.1 Å². The van der Waals surface area contributed by atoms with Crippen molar-refractivity contribution >= 4 is 13.8 Å². The van der Waals surface area contributed by atoms with Crippen molar-refractivity contribution in [1.82, 2.24) is 0 Å². The number of allylic oxidation sites excluding steroid dienone is 3. The molecule has 7 heteroatoms. The first-order chi connectivity index (χ1) is 12.2. The van der Waals surface area contributed by atoms with E-state index in [4.69, 9.17) is 18.3 Å². The van der Waals surface area contributed by atoms with Crippen molar-refractivity contribution in [1.29, 1.82) is 0 Å². The zero-order valence-corrected chi connectivity index (χ0v) is 17.8. The van der Waals surface area contributed by atoms with E-state index in [2.05, 4.69) is 20.8 Å². The summed E-state index contributed by atoms with van der Waals surface area (Å²) >= 11 is 0. The quantitative estimate of drug-likeness (QED) is 0.161. The summed E-state index contributed by atoms with van der Waals surface area (Å²) in [6.07, 6.45) is 5.78. The van der Waals surface area contributed by atoms with Crippen LogP contribution >= 0.6 is 7.82 Å². The maximum absolute atomic E-state index is 12.7. The SMILES string of the molecule is CCOP(=O)(OCC)O/C(=C/C(=O)OC)CCC1=C(C)CCCC1(C)C. The summed E-state index contributed by atoms with van der Waals surface area (Å²) in [6.45, 7) is 10.4. The number of hydrogen-bond acceptors (Lipinski definition) is 6. The molecule has 26 heavy (non-hydrogen) atoms. The van der Waals surface area contributed by atoms with E-state index < -0.39 is 13.8 Å². The van der Waals surface area contributed by atoms with Gasteiger partial charge in [0.05, 0.1) is 26.4 Å². The van der Waals surface area contributed by atoms with Crippen LogP contribution in [0.3, 0.4) is 0 Å². The van der Waals surface area contributed by atoms with Gasteiger partial charge in [0.15, 0.2) is 0 Å². The summed E-state index contributed by atoms with van der Waals surface area (Å²) in [5.41, 5.74) is 2.87. The minimum Gasteiger partial charge on any atom is -0.466 e. The van der Waals surface area contributed by atoms with Crippen LogP contribution in [0, 0.1) is 5.41 Å². The van der Waals surface area contributed by atoms with E-state index in [-0.39, 0.29) is 24.4 Å². The van der Waals surface area contributed by atoms with Crippen LogP contribution in [0.2, 0.25) is 0 Å². The molecule has 0 aromatic carbocycles. The van der Waals surface area contributed by atoms with Gasteiger partial charge < -0.3 is 9.26 Å². The molecule has 6 nitrogen and oxygen atoms in total. The molecule has 0 saturated carbocycles. The zero-order valence-electron chi connectivity index (χ0n) is 16.9. The van der Waals surface area contributed by atoms with Crippen molar-refractivity contribution in [2.24, 2.45) is 5.41 Å². The first-order valence-electron chi connectivity index (χ1n) is 9.23. The van der Waals surface area contributed by atoms with E-state index in [1.54, 1.807) is 13.8 Å². The van der Waals surface area contributed by atoms with Gasteiger partial charge in [-0.3, -0.25) is 9.05 Å². The monoisotopic (exact) mass is 388 g/mol. The van der Waals surface area contributed by atoms with Crippen LogP contribution in [0.5, 0.6) is 0 Å². The zero-order chi connectivity index (χ0) is 19.8. The van der Waals surface area contributed by atoms with Crippen molar-refractivity contribution < 1.29 is 27.7 Å². The molecular weight excluding hydrogens is 355 g/mol. The molecule has 0 spiro atoms. The van der Waals surface area contributed by atoms with Crippen LogP contribution in [-0.4, -0.2) is 26.3 Å².